The second-order valence-corrected chi connectivity index (χ2v) is 11.4. The molecule has 0 aliphatic carbocycles. The number of likely N-dealkylation sites (N-methyl/N-ethyl adjacent to an activating group) is 1. The highest BCUT2D eigenvalue weighted by molar-refractivity contribution is 7.89. The van der Waals surface area contributed by atoms with Gasteiger partial charge in [-0.15, -0.1) is 0 Å². The lowest BCUT2D eigenvalue weighted by Crippen LogP contribution is -2.50. The number of amides is 1. The van der Waals surface area contributed by atoms with Gasteiger partial charge in [-0.05, 0) is 37.3 Å². The average molecular weight is 553 g/mol. The molecule has 3 atom stereocenters. The van der Waals surface area contributed by atoms with Gasteiger partial charge in [-0.1, -0.05) is 30.9 Å². The third-order valence-electron chi connectivity index (χ3n) is 6.50. The van der Waals surface area contributed by atoms with Crippen molar-refractivity contribution < 1.29 is 27.4 Å². The van der Waals surface area contributed by atoms with E-state index in [4.69, 9.17) is 4.74 Å². The van der Waals surface area contributed by atoms with Gasteiger partial charge in [0.1, 0.15) is 22.4 Å². The van der Waals surface area contributed by atoms with Crippen molar-refractivity contribution >= 4 is 15.9 Å². The smallest absolute Gasteiger partial charge is 0.259 e. The molecule has 2 aromatic heterocycles. The topological polar surface area (TPSA) is 113 Å². The second kappa shape index (κ2) is 11.9. The van der Waals surface area contributed by atoms with Crippen molar-refractivity contribution in [1.29, 1.82) is 0 Å². The summed E-state index contributed by atoms with van der Waals surface area (Å²) in [6, 6.07) is 9.78. The maximum absolute atomic E-state index is 14.3. The van der Waals surface area contributed by atoms with Crippen molar-refractivity contribution in [2.24, 2.45) is 5.92 Å². The Bertz CT molecular complexity index is 1510. The number of aliphatic hydroxyl groups excluding tert-OH is 1. The first-order valence-corrected chi connectivity index (χ1v) is 13.8. The molecule has 0 bridgehead atoms. The molecule has 0 radical (unpaired) electrons. The molecule has 1 aliphatic rings. The van der Waals surface area contributed by atoms with Crippen LogP contribution < -0.4 is 4.74 Å². The van der Waals surface area contributed by atoms with Gasteiger partial charge in [-0.25, -0.2) is 17.8 Å². The predicted molar refractivity (Wildman–Crippen MR) is 142 cm³/mol. The van der Waals surface area contributed by atoms with E-state index in [-0.39, 0.29) is 43.0 Å². The van der Waals surface area contributed by atoms with Crippen molar-refractivity contribution in [2.75, 3.05) is 26.7 Å². The third kappa shape index (κ3) is 6.25. The summed E-state index contributed by atoms with van der Waals surface area (Å²) in [6.07, 6.45) is 3.99. The highest BCUT2D eigenvalue weighted by Crippen LogP contribution is 2.28. The summed E-state index contributed by atoms with van der Waals surface area (Å²) in [5.41, 5.74) is 1.30. The van der Waals surface area contributed by atoms with E-state index in [2.05, 4.69) is 21.8 Å². The minimum Gasteiger partial charge on any atom is -0.472 e. The quantitative estimate of drug-likeness (QED) is 0.468. The minimum atomic E-state index is -4.16. The SMILES string of the molecule is C[C@H](CO)N1C[C@H](C)[C@H](CN(C)S(=O)(=O)c2ccccc2F)Oc2ncc(C#Cc3cccnc3)cc2C1=O. The zero-order valence-electron chi connectivity index (χ0n) is 21.8. The second-order valence-electron chi connectivity index (χ2n) is 9.41. The number of sulfonamides is 1. The van der Waals surface area contributed by atoms with Crippen LogP contribution in [0.2, 0.25) is 0 Å². The normalized spacial score (nSPS) is 18.3. The number of benzene rings is 1. The Morgan fingerprint density at radius 3 is 2.64 bits per heavy atom. The number of ether oxygens (including phenoxy) is 1. The largest absolute Gasteiger partial charge is 0.472 e. The van der Waals surface area contributed by atoms with E-state index in [9.17, 15) is 22.7 Å². The first-order valence-electron chi connectivity index (χ1n) is 12.3. The zero-order valence-corrected chi connectivity index (χ0v) is 22.6. The number of aliphatic hydroxyl groups is 1. The summed E-state index contributed by atoms with van der Waals surface area (Å²) in [4.78, 5) is 23.0. The molecule has 3 heterocycles. The van der Waals surface area contributed by atoms with Crippen LogP contribution in [0.25, 0.3) is 0 Å². The van der Waals surface area contributed by atoms with Crippen molar-refractivity contribution in [3.63, 3.8) is 0 Å². The Morgan fingerprint density at radius 2 is 1.95 bits per heavy atom. The van der Waals surface area contributed by atoms with Gasteiger partial charge in [-0.3, -0.25) is 9.78 Å². The minimum absolute atomic E-state index is 0.0234. The molecule has 9 nitrogen and oxygen atoms in total. The average Bonchev–Trinajstić information content (AvgIpc) is 2.94. The van der Waals surface area contributed by atoms with Crippen LogP contribution in [0.4, 0.5) is 4.39 Å². The third-order valence-corrected chi connectivity index (χ3v) is 8.35. The van der Waals surface area contributed by atoms with Crippen molar-refractivity contribution in [3.8, 4) is 17.7 Å². The fraction of sp³-hybridized carbons (Fsp3) is 0.321. The van der Waals surface area contributed by atoms with Crippen molar-refractivity contribution in [3.05, 3.63) is 83.6 Å². The highest BCUT2D eigenvalue weighted by atomic mass is 32.2. The number of pyridine rings is 2. The maximum Gasteiger partial charge on any atom is 0.259 e. The molecular weight excluding hydrogens is 523 g/mol. The van der Waals surface area contributed by atoms with Gasteiger partial charge >= 0.3 is 0 Å². The lowest BCUT2D eigenvalue weighted by atomic mass is 10.0. The highest BCUT2D eigenvalue weighted by Gasteiger charge is 2.36. The number of nitrogens with zero attached hydrogens (tertiary/aromatic N) is 4. The lowest BCUT2D eigenvalue weighted by Gasteiger charge is -2.37. The van der Waals surface area contributed by atoms with Crippen LogP contribution in [0.1, 0.15) is 35.3 Å². The molecule has 0 saturated heterocycles. The van der Waals surface area contributed by atoms with E-state index in [0.717, 1.165) is 10.4 Å². The molecule has 1 amide bonds. The summed E-state index contributed by atoms with van der Waals surface area (Å²) in [6.45, 7) is 3.32. The molecule has 3 aromatic rings. The van der Waals surface area contributed by atoms with E-state index >= 15 is 0 Å². The number of halogens is 1. The molecule has 0 fully saturated rings. The van der Waals surface area contributed by atoms with Gasteiger partial charge in [-0.2, -0.15) is 4.31 Å². The van der Waals surface area contributed by atoms with Gasteiger partial charge in [0.05, 0.1) is 19.2 Å². The molecule has 0 unspecified atom stereocenters. The Labute approximate surface area is 227 Å². The van der Waals surface area contributed by atoms with Crippen LogP contribution in [0.15, 0.2) is 66.0 Å². The monoisotopic (exact) mass is 552 g/mol. The number of aromatic nitrogens is 2. The number of hydrogen-bond acceptors (Lipinski definition) is 7. The molecule has 39 heavy (non-hydrogen) atoms. The van der Waals surface area contributed by atoms with Gasteiger partial charge in [0, 0.05) is 49.2 Å². The fourth-order valence-corrected chi connectivity index (χ4v) is 5.39. The van der Waals surface area contributed by atoms with Gasteiger partial charge < -0.3 is 14.7 Å². The molecule has 0 spiro atoms. The number of rotatable bonds is 6. The number of carbonyl (C=O) groups is 1. The molecule has 1 aliphatic heterocycles. The number of fused-ring (bicyclic) bond motifs is 1. The molecular formula is C28H29FN4O5S. The standard InChI is InChI=1S/C28H29FN4O5S/c1-19-16-33(20(2)18-34)28(35)23-13-22(11-10-21-7-6-12-30-14-21)15-31-27(23)38-25(19)17-32(3)39(36,37)26-9-5-4-8-24(26)29/h4-9,12-15,19-20,25,34H,16-18H2,1-3H3/t19-,20+,25-/m0/s1. The summed E-state index contributed by atoms with van der Waals surface area (Å²) in [7, 11) is -2.81. The fourth-order valence-electron chi connectivity index (χ4n) is 4.14. The van der Waals surface area contributed by atoms with Crippen LogP contribution in [0.5, 0.6) is 5.88 Å². The Morgan fingerprint density at radius 1 is 1.21 bits per heavy atom. The van der Waals surface area contributed by atoms with E-state index < -0.39 is 32.9 Å². The summed E-state index contributed by atoms with van der Waals surface area (Å²) in [5, 5.41) is 9.84. The van der Waals surface area contributed by atoms with Crippen LogP contribution in [-0.2, 0) is 10.0 Å². The molecule has 1 N–H and O–H groups in total. The van der Waals surface area contributed by atoms with E-state index in [1.54, 1.807) is 37.5 Å². The number of carbonyl (C=O) groups excluding carboxylic acids is 1. The van der Waals surface area contributed by atoms with E-state index in [1.165, 1.54) is 36.3 Å². The van der Waals surface area contributed by atoms with Crippen molar-refractivity contribution in [1.82, 2.24) is 19.2 Å². The molecule has 204 valence electrons. The van der Waals surface area contributed by atoms with Gasteiger partial charge in [0.15, 0.2) is 0 Å². The number of hydrogen-bond donors (Lipinski definition) is 1. The van der Waals surface area contributed by atoms with Gasteiger partial charge in [0.2, 0.25) is 15.9 Å². The maximum atomic E-state index is 14.3. The van der Waals surface area contributed by atoms with E-state index in [1.807, 2.05) is 6.92 Å². The lowest BCUT2D eigenvalue weighted by molar-refractivity contribution is 0.0373. The Kier molecular flexibility index (Phi) is 8.60. The Hall–Kier alpha value is -3.85. The molecule has 0 saturated carbocycles. The summed E-state index contributed by atoms with van der Waals surface area (Å²) in [5.74, 6) is 4.37. The zero-order chi connectivity index (χ0) is 28.2. The van der Waals surface area contributed by atoms with Crippen LogP contribution in [0, 0.1) is 23.6 Å². The van der Waals surface area contributed by atoms with Crippen LogP contribution in [-0.4, -0.2) is 77.5 Å². The molecule has 11 heteroatoms. The van der Waals surface area contributed by atoms with Crippen molar-refractivity contribution in [2.45, 2.75) is 30.9 Å². The molecule has 4 rings (SSSR count). The summed E-state index contributed by atoms with van der Waals surface area (Å²) >= 11 is 0. The Balaban J connectivity index is 1.69. The van der Waals surface area contributed by atoms with E-state index in [0.29, 0.717) is 11.1 Å². The van der Waals surface area contributed by atoms with Crippen LogP contribution in [0.3, 0.4) is 0 Å². The summed E-state index contributed by atoms with van der Waals surface area (Å²) < 4.78 is 47.8. The predicted octanol–water partition coefficient (Wildman–Crippen LogP) is 2.56. The van der Waals surface area contributed by atoms with Crippen LogP contribution >= 0.6 is 0 Å². The first-order chi connectivity index (χ1) is 18.6. The van der Waals surface area contributed by atoms with Gasteiger partial charge in [0.25, 0.3) is 5.91 Å². The first kappa shape index (κ1) is 28.2. The molecule has 1 aromatic carbocycles.